The van der Waals surface area contributed by atoms with Gasteiger partial charge in [0.15, 0.2) is 0 Å². The van der Waals surface area contributed by atoms with Crippen LogP contribution in [0.1, 0.15) is 33.3 Å². The zero-order valence-corrected chi connectivity index (χ0v) is 19.9. The van der Waals surface area contributed by atoms with Gasteiger partial charge in [-0.25, -0.2) is 0 Å². The molecule has 1 heterocycles. The average molecular weight is 446 g/mol. The number of amides is 1. The van der Waals surface area contributed by atoms with E-state index in [1.165, 1.54) is 5.56 Å². The van der Waals surface area contributed by atoms with Gasteiger partial charge >= 0.3 is 0 Å². The molecule has 30 heavy (non-hydrogen) atoms. The molecule has 1 N–H and O–H groups in total. The normalized spacial score (nSPS) is 15.3. The van der Waals surface area contributed by atoms with E-state index in [0.717, 1.165) is 49.0 Å². The molecule has 4 nitrogen and oxygen atoms in total. The van der Waals surface area contributed by atoms with Gasteiger partial charge in [0.2, 0.25) is 5.91 Å². The highest BCUT2D eigenvalue weighted by Gasteiger charge is 2.19. The zero-order valence-electron chi connectivity index (χ0n) is 18.4. The molecule has 1 saturated heterocycles. The first-order chi connectivity index (χ1) is 14.3. The maximum absolute atomic E-state index is 12.7. The Hall–Kier alpha value is -1.69. The topological polar surface area (TPSA) is 35.6 Å². The van der Waals surface area contributed by atoms with Crippen LogP contribution >= 0.6 is 23.4 Å². The molecule has 2 aromatic carbocycles. The third kappa shape index (κ3) is 6.16. The van der Waals surface area contributed by atoms with Crippen LogP contribution in [0.5, 0.6) is 0 Å². The SMILES string of the molecule is CCN1CCN(c2ccc(Cl)cc2NC(=O)CSc2ccc(C(C)(C)C)cc2)CC1. The number of nitrogens with one attached hydrogen (secondary N) is 1. The lowest BCUT2D eigenvalue weighted by atomic mass is 9.87. The number of nitrogens with zero attached hydrogens (tertiary/aromatic N) is 2. The zero-order chi connectivity index (χ0) is 21.7. The van der Waals surface area contributed by atoms with Crippen molar-refractivity contribution in [3.8, 4) is 0 Å². The van der Waals surface area contributed by atoms with Crippen LogP contribution in [0.3, 0.4) is 0 Å². The Morgan fingerprint density at radius 1 is 1.07 bits per heavy atom. The van der Waals surface area contributed by atoms with Crippen LogP contribution in [0.25, 0.3) is 0 Å². The van der Waals surface area contributed by atoms with Gasteiger partial charge in [0.1, 0.15) is 0 Å². The second-order valence-electron chi connectivity index (χ2n) is 8.69. The lowest BCUT2D eigenvalue weighted by molar-refractivity contribution is -0.113. The molecule has 0 aliphatic carbocycles. The fourth-order valence-electron chi connectivity index (χ4n) is 3.58. The molecule has 0 bridgehead atoms. The van der Waals surface area contributed by atoms with Crippen LogP contribution in [-0.2, 0) is 10.2 Å². The number of anilines is 2. The first-order valence-electron chi connectivity index (χ1n) is 10.6. The molecule has 0 unspecified atom stereocenters. The van der Waals surface area contributed by atoms with Crippen molar-refractivity contribution < 1.29 is 4.79 Å². The molecule has 6 heteroatoms. The molecule has 0 spiro atoms. The molecular weight excluding hydrogens is 414 g/mol. The number of thioether (sulfide) groups is 1. The monoisotopic (exact) mass is 445 g/mol. The van der Waals surface area contributed by atoms with Crippen LogP contribution in [0, 0.1) is 0 Å². The van der Waals surface area contributed by atoms with Crippen molar-refractivity contribution in [2.24, 2.45) is 0 Å². The summed E-state index contributed by atoms with van der Waals surface area (Å²) in [4.78, 5) is 18.5. The van der Waals surface area contributed by atoms with Gasteiger partial charge in [0.25, 0.3) is 0 Å². The molecule has 162 valence electrons. The number of hydrogen-bond donors (Lipinski definition) is 1. The summed E-state index contributed by atoms with van der Waals surface area (Å²) >= 11 is 7.78. The van der Waals surface area contributed by atoms with Crippen molar-refractivity contribution in [3.63, 3.8) is 0 Å². The predicted octanol–water partition coefficient (Wildman–Crippen LogP) is 5.51. The van der Waals surface area contributed by atoms with Crippen LogP contribution < -0.4 is 10.2 Å². The molecule has 3 rings (SSSR count). The van der Waals surface area contributed by atoms with E-state index in [1.54, 1.807) is 11.8 Å². The summed E-state index contributed by atoms with van der Waals surface area (Å²) in [6.45, 7) is 13.8. The third-order valence-corrected chi connectivity index (χ3v) is 6.73. The van der Waals surface area contributed by atoms with Crippen molar-refractivity contribution in [1.29, 1.82) is 0 Å². The predicted molar refractivity (Wildman–Crippen MR) is 130 cm³/mol. The van der Waals surface area contributed by atoms with Gasteiger partial charge in [-0.2, -0.15) is 0 Å². The molecule has 0 atom stereocenters. The quantitative estimate of drug-likeness (QED) is 0.594. The fourth-order valence-corrected chi connectivity index (χ4v) is 4.45. The highest BCUT2D eigenvalue weighted by Crippen LogP contribution is 2.31. The van der Waals surface area contributed by atoms with E-state index < -0.39 is 0 Å². The van der Waals surface area contributed by atoms with Crippen molar-refractivity contribution in [3.05, 3.63) is 53.1 Å². The molecule has 1 aliphatic heterocycles. The fraction of sp³-hybridized carbons (Fsp3) is 0.458. The minimum absolute atomic E-state index is 0.0180. The van der Waals surface area contributed by atoms with E-state index in [2.05, 4.69) is 67.1 Å². The van der Waals surface area contributed by atoms with E-state index in [4.69, 9.17) is 11.6 Å². The van der Waals surface area contributed by atoms with Crippen molar-refractivity contribution in [2.45, 2.75) is 38.0 Å². The van der Waals surface area contributed by atoms with Crippen molar-refractivity contribution >= 4 is 40.6 Å². The Morgan fingerprint density at radius 2 is 1.73 bits per heavy atom. The standard InChI is InChI=1S/C24H32ClN3OS/c1-5-27-12-14-28(15-13-27)22-11-8-19(25)16-21(22)26-23(29)17-30-20-9-6-18(7-10-20)24(2,3)4/h6-11,16H,5,12-15,17H2,1-4H3,(H,26,29). The number of carbonyl (C=O) groups is 1. The van der Waals surface area contributed by atoms with Crippen LogP contribution in [-0.4, -0.2) is 49.3 Å². The van der Waals surface area contributed by atoms with Crippen molar-refractivity contribution in [1.82, 2.24) is 4.90 Å². The molecule has 1 fully saturated rings. The number of rotatable bonds is 6. The van der Waals surface area contributed by atoms with E-state index in [-0.39, 0.29) is 11.3 Å². The number of benzene rings is 2. The van der Waals surface area contributed by atoms with E-state index in [1.807, 2.05) is 18.2 Å². The number of likely N-dealkylation sites (N-methyl/N-ethyl adjacent to an activating group) is 1. The molecule has 1 aliphatic rings. The molecule has 1 amide bonds. The number of halogens is 1. The van der Waals surface area contributed by atoms with Gasteiger partial charge in [0.05, 0.1) is 17.1 Å². The summed E-state index contributed by atoms with van der Waals surface area (Å²) in [5, 5.41) is 3.71. The summed E-state index contributed by atoms with van der Waals surface area (Å²) in [7, 11) is 0. The smallest absolute Gasteiger partial charge is 0.234 e. The Bertz CT molecular complexity index is 856. The number of hydrogen-bond acceptors (Lipinski definition) is 4. The van der Waals surface area contributed by atoms with Gasteiger partial charge in [-0.1, -0.05) is 51.4 Å². The summed E-state index contributed by atoms with van der Waals surface area (Å²) in [6, 6.07) is 14.2. The van der Waals surface area contributed by atoms with Gasteiger partial charge in [0, 0.05) is 36.1 Å². The van der Waals surface area contributed by atoms with Crippen LogP contribution in [0.15, 0.2) is 47.4 Å². The average Bonchev–Trinajstić information content (AvgIpc) is 2.72. The summed E-state index contributed by atoms with van der Waals surface area (Å²) < 4.78 is 0. The van der Waals surface area contributed by atoms with Gasteiger partial charge in [-0.15, -0.1) is 11.8 Å². The van der Waals surface area contributed by atoms with E-state index in [9.17, 15) is 4.79 Å². The Morgan fingerprint density at radius 3 is 2.33 bits per heavy atom. The lowest BCUT2D eigenvalue weighted by Gasteiger charge is -2.36. The molecule has 0 saturated carbocycles. The first-order valence-corrected chi connectivity index (χ1v) is 11.9. The summed E-state index contributed by atoms with van der Waals surface area (Å²) in [6.07, 6.45) is 0. The van der Waals surface area contributed by atoms with Crippen LogP contribution in [0.2, 0.25) is 5.02 Å². The van der Waals surface area contributed by atoms with Crippen LogP contribution in [0.4, 0.5) is 11.4 Å². The summed E-state index contributed by atoms with van der Waals surface area (Å²) in [5.41, 5.74) is 3.26. The maximum atomic E-state index is 12.7. The molecule has 2 aromatic rings. The Balaban J connectivity index is 1.61. The van der Waals surface area contributed by atoms with Gasteiger partial charge in [-0.3, -0.25) is 4.79 Å². The maximum Gasteiger partial charge on any atom is 0.234 e. The minimum atomic E-state index is -0.0180. The first kappa shape index (κ1) is 23.0. The number of piperazine rings is 1. The largest absolute Gasteiger partial charge is 0.367 e. The minimum Gasteiger partial charge on any atom is -0.367 e. The lowest BCUT2D eigenvalue weighted by Crippen LogP contribution is -2.46. The number of carbonyl (C=O) groups excluding carboxylic acids is 1. The molecule has 0 radical (unpaired) electrons. The van der Waals surface area contributed by atoms with E-state index in [0.29, 0.717) is 10.8 Å². The van der Waals surface area contributed by atoms with Gasteiger partial charge < -0.3 is 15.1 Å². The Labute approximate surface area is 190 Å². The third-order valence-electron chi connectivity index (χ3n) is 5.48. The highest BCUT2D eigenvalue weighted by atomic mass is 35.5. The van der Waals surface area contributed by atoms with Crippen molar-refractivity contribution in [2.75, 3.05) is 48.7 Å². The second-order valence-corrected chi connectivity index (χ2v) is 10.2. The highest BCUT2D eigenvalue weighted by molar-refractivity contribution is 8.00. The second kappa shape index (κ2) is 10.1. The van der Waals surface area contributed by atoms with E-state index >= 15 is 0 Å². The van der Waals surface area contributed by atoms with Gasteiger partial charge in [-0.05, 0) is 47.9 Å². The summed E-state index contributed by atoms with van der Waals surface area (Å²) in [5.74, 6) is 0.348. The molecular formula is C24H32ClN3OS. The molecule has 0 aromatic heterocycles. The Kier molecular flexibility index (Phi) is 7.72.